The number of fused-ring (bicyclic) bond motifs is 3. The third-order valence-electron chi connectivity index (χ3n) is 3.21. The van der Waals surface area contributed by atoms with Gasteiger partial charge in [-0.2, -0.15) is 0 Å². The molecule has 0 spiro atoms. The Bertz CT molecular complexity index is 413. The number of hydrogen-bond donors (Lipinski definition) is 1. The fraction of sp³-hybridized carbons (Fsp3) is 0.545. The Morgan fingerprint density at radius 3 is 3.31 bits per heavy atom. The largest absolute Gasteiger partial charge is 0.387 e. The van der Waals surface area contributed by atoms with Crippen molar-refractivity contribution in [1.82, 2.24) is 4.98 Å². The van der Waals surface area contributed by atoms with E-state index in [1.807, 2.05) is 6.07 Å². The normalized spacial score (nSPS) is 28.5. The lowest BCUT2D eigenvalue weighted by Crippen LogP contribution is -2.49. The molecule has 2 atom stereocenters. The first kappa shape index (κ1) is 10.5. The summed E-state index contributed by atoms with van der Waals surface area (Å²) in [6, 6.07) is 2.32. The van der Waals surface area contributed by atoms with Crippen LogP contribution in [0.5, 0.6) is 0 Å². The van der Waals surface area contributed by atoms with E-state index in [-0.39, 0.29) is 6.04 Å². The minimum atomic E-state index is -0.467. The van der Waals surface area contributed by atoms with Gasteiger partial charge in [-0.15, -0.1) is 0 Å². The lowest BCUT2D eigenvalue weighted by atomic mass is 9.97. The summed E-state index contributed by atoms with van der Waals surface area (Å²) in [6.07, 6.45) is 1.98. The highest BCUT2D eigenvalue weighted by Crippen LogP contribution is 2.37. The number of anilines is 1. The maximum Gasteiger partial charge on any atom is 0.100 e. The van der Waals surface area contributed by atoms with Crippen molar-refractivity contribution in [1.29, 1.82) is 0 Å². The average Bonchev–Trinajstić information content (AvgIpc) is 2.29. The standard InChI is InChI=1S/C11H13BrN2O2/c12-7-3-9-11(13-5-7)10(15)4-8-6-16-2-1-14(8)9/h3,5,8,10,15H,1-2,4,6H2. The summed E-state index contributed by atoms with van der Waals surface area (Å²) in [4.78, 5) is 6.61. The molecule has 0 saturated carbocycles. The fourth-order valence-corrected chi connectivity index (χ4v) is 2.78. The van der Waals surface area contributed by atoms with Crippen molar-refractivity contribution in [2.45, 2.75) is 18.6 Å². The molecule has 0 aliphatic carbocycles. The number of aliphatic hydroxyl groups excluding tert-OH is 1. The molecule has 1 N–H and O–H groups in total. The SMILES string of the molecule is OC1CC2COCCN2c2cc(Br)cnc21. The van der Waals surface area contributed by atoms with Gasteiger partial charge in [-0.05, 0) is 22.0 Å². The zero-order valence-electron chi connectivity index (χ0n) is 8.77. The van der Waals surface area contributed by atoms with Crippen molar-refractivity contribution in [3.63, 3.8) is 0 Å². The van der Waals surface area contributed by atoms with Crippen LogP contribution in [0.2, 0.25) is 0 Å². The van der Waals surface area contributed by atoms with Crippen molar-refractivity contribution >= 4 is 21.6 Å². The van der Waals surface area contributed by atoms with Crippen LogP contribution in [-0.4, -0.2) is 35.9 Å². The second-order valence-corrected chi connectivity index (χ2v) is 5.15. The van der Waals surface area contributed by atoms with E-state index in [0.717, 1.165) is 29.0 Å². The number of halogens is 1. The van der Waals surface area contributed by atoms with Gasteiger partial charge in [0.25, 0.3) is 0 Å². The molecular weight excluding hydrogens is 272 g/mol. The van der Waals surface area contributed by atoms with E-state index in [1.54, 1.807) is 6.20 Å². The van der Waals surface area contributed by atoms with Crippen LogP contribution in [0.1, 0.15) is 18.2 Å². The molecule has 0 bridgehead atoms. The molecule has 2 unspecified atom stereocenters. The van der Waals surface area contributed by atoms with Crippen LogP contribution in [0.25, 0.3) is 0 Å². The molecule has 2 aliphatic rings. The number of nitrogens with zero attached hydrogens (tertiary/aromatic N) is 2. The topological polar surface area (TPSA) is 45.6 Å². The number of hydrogen-bond acceptors (Lipinski definition) is 4. The highest BCUT2D eigenvalue weighted by atomic mass is 79.9. The van der Waals surface area contributed by atoms with E-state index in [4.69, 9.17) is 4.74 Å². The van der Waals surface area contributed by atoms with Crippen molar-refractivity contribution in [3.05, 3.63) is 22.4 Å². The summed E-state index contributed by atoms with van der Waals surface area (Å²) in [6.45, 7) is 2.32. The number of morpholine rings is 1. The second kappa shape index (κ2) is 3.98. The van der Waals surface area contributed by atoms with Gasteiger partial charge < -0.3 is 14.7 Å². The van der Waals surface area contributed by atoms with Gasteiger partial charge in [-0.3, -0.25) is 4.98 Å². The second-order valence-electron chi connectivity index (χ2n) is 4.23. The van der Waals surface area contributed by atoms with Gasteiger partial charge >= 0.3 is 0 Å². The van der Waals surface area contributed by atoms with E-state index >= 15 is 0 Å². The molecule has 0 aromatic carbocycles. The molecule has 1 saturated heterocycles. The third-order valence-corrected chi connectivity index (χ3v) is 3.65. The van der Waals surface area contributed by atoms with Crippen LogP contribution in [0.4, 0.5) is 5.69 Å². The molecule has 86 valence electrons. The maximum atomic E-state index is 10.0. The summed E-state index contributed by atoms with van der Waals surface area (Å²) in [5, 5.41) is 10.0. The van der Waals surface area contributed by atoms with Crippen molar-refractivity contribution in [3.8, 4) is 0 Å². The van der Waals surface area contributed by atoms with Crippen molar-refractivity contribution < 1.29 is 9.84 Å². The number of ether oxygens (including phenoxy) is 1. The van der Waals surface area contributed by atoms with Gasteiger partial charge in [0.1, 0.15) is 6.10 Å². The molecule has 0 amide bonds. The summed E-state index contributed by atoms with van der Waals surface area (Å²) in [5.41, 5.74) is 1.84. The van der Waals surface area contributed by atoms with Gasteiger partial charge in [0.05, 0.1) is 30.6 Å². The summed E-state index contributed by atoms with van der Waals surface area (Å²) in [5.74, 6) is 0. The number of aliphatic hydroxyl groups is 1. The van der Waals surface area contributed by atoms with Crippen LogP contribution in [0, 0.1) is 0 Å². The molecule has 1 fully saturated rings. The Morgan fingerprint density at radius 2 is 2.44 bits per heavy atom. The van der Waals surface area contributed by atoms with Crippen LogP contribution in [-0.2, 0) is 4.74 Å². The molecule has 2 aliphatic heterocycles. The van der Waals surface area contributed by atoms with Crippen LogP contribution in [0.15, 0.2) is 16.7 Å². The molecule has 1 aromatic heterocycles. The van der Waals surface area contributed by atoms with Crippen LogP contribution in [0.3, 0.4) is 0 Å². The highest BCUT2D eigenvalue weighted by Gasteiger charge is 2.34. The number of pyridine rings is 1. The Labute approximate surface area is 102 Å². The lowest BCUT2D eigenvalue weighted by Gasteiger charge is -2.42. The zero-order chi connectivity index (χ0) is 11.1. The Balaban J connectivity index is 2.05. The summed E-state index contributed by atoms with van der Waals surface area (Å²) < 4.78 is 6.40. The summed E-state index contributed by atoms with van der Waals surface area (Å²) in [7, 11) is 0. The maximum absolute atomic E-state index is 10.0. The fourth-order valence-electron chi connectivity index (χ4n) is 2.46. The number of rotatable bonds is 0. The smallest absolute Gasteiger partial charge is 0.100 e. The first-order valence-corrected chi connectivity index (χ1v) is 6.23. The van der Waals surface area contributed by atoms with E-state index in [9.17, 15) is 5.11 Å². The molecule has 4 nitrogen and oxygen atoms in total. The first-order valence-electron chi connectivity index (χ1n) is 5.43. The molecule has 0 radical (unpaired) electrons. The predicted molar refractivity (Wildman–Crippen MR) is 63.5 cm³/mol. The van der Waals surface area contributed by atoms with Crippen LogP contribution < -0.4 is 4.90 Å². The lowest BCUT2D eigenvalue weighted by molar-refractivity contribution is 0.0596. The number of aromatic nitrogens is 1. The van der Waals surface area contributed by atoms with Gasteiger partial charge in [0.2, 0.25) is 0 Å². The minimum Gasteiger partial charge on any atom is -0.387 e. The Morgan fingerprint density at radius 1 is 1.56 bits per heavy atom. The van der Waals surface area contributed by atoms with Gasteiger partial charge in [-0.1, -0.05) is 0 Å². The molecule has 3 rings (SSSR count). The first-order chi connectivity index (χ1) is 7.75. The highest BCUT2D eigenvalue weighted by molar-refractivity contribution is 9.10. The Kier molecular flexibility index (Phi) is 2.61. The minimum absolute atomic E-state index is 0.285. The van der Waals surface area contributed by atoms with Crippen LogP contribution >= 0.6 is 15.9 Å². The van der Waals surface area contributed by atoms with E-state index in [2.05, 4.69) is 25.8 Å². The van der Waals surface area contributed by atoms with E-state index < -0.39 is 6.10 Å². The van der Waals surface area contributed by atoms with Gasteiger partial charge in [-0.25, -0.2) is 0 Å². The molecule has 5 heteroatoms. The van der Waals surface area contributed by atoms with Crippen molar-refractivity contribution in [2.24, 2.45) is 0 Å². The van der Waals surface area contributed by atoms with Gasteiger partial charge in [0, 0.05) is 23.6 Å². The van der Waals surface area contributed by atoms with Gasteiger partial charge in [0.15, 0.2) is 0 Å². The molecular formula is C11H13BrN2O2. The van der Waals surface area contributed by atoms with E-state index in [0.29, 0.717) is 13.0 Å². The van der Waals surface area contributed by atoms with E-state index in [1.165, 1.54) is 0 Å². The molecule has 3 heterocycles. The average molecular weight is 285 g/mol. The Hall–Kier alpha value is -0.650. The third kappa shape index (κ3) is 1.63. The summed E-state index contributed by atoms with van der Waals surface area (Å²) >= 11 is 3.42. The zero-order valence-corrected chi connectivity index (χ0v) is 10.4. The predicted octanol–water partition coefficient (Wildman–Crippen LogP) is 1.49. The quantitative estimate of drug-likeness (QED) is 0.784. The monoisotopic (exact) mass is 284 g/mol. The molecule has 16 heavy (non-hydrogen) atoms. The van der Waals surface area contributed by atoms with Crippen molar-refractivity contribution in [2.75, 3.05) is 24.7 Å². The molecule has 1 aromatic rings.